The van der Waals surface area contributed by atoms with Gasteiger partial charge < -0.3 is 5.32 Å². The van der Waals surface area contributed by atoms with Crippen molar-refractivity contribution in [2.24, 2.45) is 5.10 Å². The Labute approximate surface area is 190 Å². The summed E-state index contributed by atoms with van der Waals surface area (Å²) in [5.41, 5.74) is 0.968. The van der Waals surface area contributed by atoms with Crippen molar-refractivity contribution in [3.63, 3.8) is 0 Å². The van der Waals surface area contributed by atoms with Crippen LogP contribution in [0.25, 0.3) is 0 Å². The first-order valence-corrected chi connectivity index (χ1v) is 10.1. The normalized spacial score (nSPS) is 13.3. The van der Waals surface area contributed by atoms with E-state index in [1.165, 1.54) is 24.3 Å². The first-order chi connectivity index (χ1) is 16.2. The molecular weight excluding hydrogens is 457 g/mol. The van der Waals surface area contributed by atoms with E-state index in [-0.39, 0.29) is 41.8 Å². The molecule has 3 aromatic carbocycles. The zero-order valence-corrected chi connectivity index (χ0v) is 17.4. The summed E-state index contributed by atoms with van der Waals surface area (Å²) in [5, 5.41) is 7.76. The second-order valence-corrected chi connectivity index (χ2v) is 7.59. The quantitative estimate of drug-likeness (QED) is 0.419. The summed E-state index contributed by atoms with van der Waals surface area (Å²) in [6.45, 7) is -0.0892. The lowest BCUT2D eigenvalue weighted by molar-refractivity contribution is -0.116. The van der Waals surface area contributed by atoms with Crippen LogP contribution in [-0.2, 0) is 17.8 Å². The topological polar surface area (TPSA) is 61.8 Å². The molecular formula is C24H16F5N3O2. The first-order valence-electron chi connectivity index (χ1n) is 10.1. The minimum Gasteiger partial charge on any atom is -0.348 e. The van der Waals surface area contributed by atoms with Crippen molar-refractivity contribution < 1.29 is 31.5 Å². The van der Waals surface area contributed by atoms with Crippen LogP contribution in [0.3, 0.4) is 0 Å². The number of hydrogen-bond donors (Lipinski definition) is 1. The molecule has 1 heterocycles. The van der Waals surface area contributed by atoms with Gasteiger partial charge in [-0.25, -0.2) is 27.0 Å². The molecule has 1 aliphatic heterocycles. The maximum absolute atomic E-state index is 13.9. The minimum absolute atomic E-state index is 0.0892. The molecule has 10 heteroatoms. The van der Waals surface area contributed by atoms with Gasteiger partial charge in [0.05, 0.1) is 17.8 Å². The molecule has 0 atom stereocenters. The molecule has 0 fully saturated rings. The average Bonchev–Trinajstić information content (AvgIpc) is 3.15. The monoisotopic (exact) mass is 473 g/mol. The second-order valence-electron chi connectivity index (χ2n) is 7.59. The van der Waals surface area contributed by atoms with Crippen molar-refractivity contribution in [2.45, 2.75) is 19.4 Å². The fourth-order valence-corrected chi connectivity index (χ4v) is 3.45. The Morgan fingerprint density at radius 3 is 2.21 bits per heavy atom. The molecule has 174 valence electrons. The van der Waals surface area contributed by atoms with E-state index >= 15 is 0 Å². The summed E-state index contributed by atoms with van der Waals surface area (Å²) >= 11 is 0. The van der Waals surface area contributed by atoms with Gasteiger partial charge in [0.15, 0.2) is 11.6 Å². The Balaban J connectivity index is 1.42. The number of carbonyl (C=O) groups excluding carboxylic acids is 2. The smallest absolute Gasteiger partial charge is 0.253 e. The molecule has 1 aliphatic rings. The van der Waals surface area contributed by atoms with Crippen LogP contribution in [0, 0.1) is 29.1 Å². The summed E-state index contributed by atoms with van der Waals surface area (Å²) < 4.78 is 66.9. The van der Waals surface area contributed by atoms with Gasteiger partial charge in [0, 0.05) is 30.7 Å². The van der Waals surface area contributed by atoms with Crippen molar-refractivity contribution in [3.8, 4) is 0 Å². The zero-order chi connectivity index (χ0) is 24.4. The van der Waals surface area contributed by atoms with Crippen molar-refractivity contribution in [2.75, 3.05) is 5.01 Å². The Hall–Kier alpha value is -4.08. The lowest BCUT2D eigenvalue weighted by atomic mass is 10.1. The number of amides is 2. The van der Waals surface area contributed by atoms with E-state index in [1.807, 2.05) is 0 Å². The molecule has 2 amide bonds. The van der Waals surface area contributed by atoms with Gasteiger partial charge in [-0.1, -0.05) is 0 Å². The molecule has 5 nitrogen and oxygen atoms in total. The van der Waals surface area contributed by atoms with E-state index in [0.717, 1.165) is 29.3 Å². The van der Waals surface area contributed by atoms with Crippen LogP contribution < -0.4 is 10.3 Å². The van der Waals surface area contributed by atoms with Gasteiger partial charge in [-0.15, -0.1) is 0 Å². The van der Waals surface area contributed by atoms with Crippen LogP contribution in [0.4, 0.5) is 27.6 Å². The van der Waals surface area contributed by atoms with Gasteiger partial charge in [0.1, 0.15) is 17.5 Å². The maximum atomic E-state index is 13.9. The molecule has 34 heavy (non-hydrogen) atoms. The molecule has 3 aromatic rings. The lowest BCUT2D eigenvalue weighted by Crippen LogP contribution is -2.23. The highest BCUT2D eigenvalue weighted by atomic mass is 19.2. The van der Waals surface area contributed by atoms with Crippen molar-refractivity contribution in [3.05, 3.63) is 100 Å². The van der Waals surface area contributed by atoms with Gasteiger partial charge in [0.25, 0.3) is 11.8 Å². The number of hydrazone groups is 1. The summed E-state index contributed by atoms with van der Waals surface area (Å²) in [6.07, 6.45) is -0.308. The van der Waals surface area contributed by atoms with E-state index in [1.54, 1.807) is 0 Å². The SMILES string of the molecule is O=C(NCc1cc(F)cc(F)c1)c1ccc(N2N=C(Cc3cc(F)c(F)cc3F)CC2=O)cc1. The molecule has 0 saturated heterocycles. The predicted octanol–water partition coefficient (Wildman–Crippen LogP) is 4.65. The van der Waals surface area contributed by atoms with E-state index in [4.69, 9.17) is 0 Å². The van der Waals surface area contributed by atoms with E-state index in [9.17, 15) is 31.5 Å². The average molecular weight is 473 g/mol. The van der Waals surface area contributed by atoms with Gasteiger partial charge in [-0.05, 0) is 53.6 Å². The third-order valence-corrected chi connectivity index (χ3v) is 5.07. The van der Waals surface area contributed by atoms with Crippen molar-refractivity contribution in [1.82, 2.24) is 5.32 Å². The number of carbonyl (C=O) groups is 2. The maximum Gasteiger partial charge on any atom is 0.253 e. The van der Waals surface area contributed by atoms with E-state index in [2.05, 4.69) is 10.4 Å². The third kappa shape index (κ3) is 5.11. The highest BCUT2D eigenvalue weighted by Gasteiger charge is 2.26. The Morgan fingerprint density at radius 2 is 1.53 bits per heavy atom. The van der Waals surface area contributed by atoms with Crippen molar-refractivity contribution in [1.29, 1.82) is 0 Å². The number of hydrogen-bond acceptors (Lipinski definition) is 3. The van der Waals surface area contributed by atoms with Crippen molar-refractivity contribution >= 4 is 23.2 Å². The summed E-state index contributed by atoms with van der Waals surface area (Å²) in [5.74, 6) is -5.87. The molecule has 4 rings (SSSR count). The van der Waals surface area contributed by atoms with Crippen LogP contribution in [-0.4, -0.2) is 17.5 Å². The minimum atomic E-state index is -1.31. The predicted molar refractivity (Wildman–Crippen MR) is 114 cm³/mol. The number of benzene rings is 3. The zero-order valence-electron chi connectivity index (χ0n) is 17.4. The summed E-state index contributed by atoms with van der Waals surface area (Å²) in [6, 6.07) is 9.92. The highest BCUT2D eigenvalue weighted by Crippen LogP contribution is 2.23. The molecule has 1 N–H and O–H groups in total. The first kappa shape index (κ1) is 23.1. The Kier molecular flexibility index (Phi) is 6.40. The van der Waals surface area contributed by atoms with E-state index in [0.29, 0.717) is 11.8 Å². The van der Waals surface area contributed by atoms with Gasteiger partial charge in [0.2, 0.25) is 0 Å². The molecule has 0 aromatic heterocycles. The van der Waals surface area contributed by atoms with Crippen LogP contribution in [0.5, 0.6) is 0 Å². The largest absolute Gasteiger partial charge is 0.348 e. The Bertz CT molecular complexity index is 1290. The van der Waals surface area contributed by atoms with Gasteiger partial charge >= 0.3 is 0 Å². The van der Waals surface area contributed by atoms with Crippen LogP contribution in [0.15, 0.2) is 59.7 Å². The molecule has 0 spiro atoms. The standard InChI is InChI=1S/C24H16F5N3O2/c25-16-5-13(6-17(26)9-16)12-30-24(34)14-1-3-19(4-2-14)32-23(33)10-18(31-32)7-15-8-21(28)22(29)11-20(15)27/h1-6,8-9,11H,7,10,12H2,(H,30,34). The number of rotatable bonds is 6. The fourth-order valence-electron chi connectivity index (χ4n) is 3.45. The number of anilines is 1. The second kappa shape index (κ2) is 9.42. The lowest BCUT2D eigenvalue weighted by Gasteiger charge is -2.12. The van der Waals surface area contributed by atoms with E-state index < -0.39 is 40.9 Å². The number of nitrogens with zero attached hydrogens (tertiary/aromatic N) is 2. The molecule has 0 aliphatic carbocycles. The molecule has 0 unspecified atom stereocenters. The highest BCUT2D eigenvalue weighted by molar-refractivity contribution is 6.13. The van der Waals surface area contributed by atoms with Crippen LogP contribution in [0.2, 0.25) is 0 Å². The van der Waals surface area contributed by atoms with Gasteiger partial charge in [-0.3, -0.25) is 9.59 Å². The summed E-state index contributed by atoms with van der Waals surface area (Å²) in [7, 11) is 0. The van der Waals surface area contributed by atoms with Crippen LogP contribution in [0.1, 0.15) is 27.9 Å². The molecule has 0 bridgehead atoms. The Morgan fingerprint density at radius 1 is 0.882 bits per heavy atom. The molecule has 0 saturated carbocycles. The van der Waals surface area contributed by atoms with Crippen LogP contribution >= 0.6 is 0 Å². The third-order valence-electron chi connectivity index (χ3n) is 5.07. The summed E-state index contributed by atoms with van der Waals surface area (Å²) in [4.78, 5) is 24.7. The number of halogens is 5. The fraction of sp³-hybridized carbons (Fsp3) is 0.125. The number of nitrogens with one attached hydrogen (secondary N) is 1. The molecule has 0 radical (unpaired) electrons. The van der Waals surface area contributed by atoms with Gasteiger partial charge in [-0.2, -0.15) is 5.10 Å².